The second-order valence-electron chi connectivity index (χ2n) is 1.10. The van der Waals surface area contributed by atoms with Gasteiger partial charge in [0.05, 0.1) is 0 Å². The van der Waals surface area contributed by atoms with Gasteiger partial charge in [-0.1, -0.05) is 0 Å². The molecule has 0 saturated heterocycles. The van der Waals surface area contributed by atoms with Crippen molar-refractivity contribution >= 4 is 22.5 Å². The zero-order valence-corrected chi connectivity index (χ0v) is 6.88. The molecule has 0 aromatic carbocycles. The van der Waals surface area contributed by atoms with Crippen LogP contribution in [-0.4, -0.2) is 22.5 Å². The van der Waals surface area contributed by atoms with Crippen LogP contribution in [-0.2, 0) is 0 Å². The predicted molar refractivity (Wildman–Crippen MR) is 28.0 cm³/mol. The molecule has 3 radical (unpaired) electrons. The molecule has 2 heteroatoms. The summed E-state index contributed by atoms with van der Waals surface area (Å²) in [7, 11) is 0. The molecule has 0 aliphatic rings. The molecule has 0 rings (SSSR count). The number of unbranched alkanes of at least 4 members (excludes halogenated alkanes) is 1. The van der Waals surface area contributed by atoms with Crippen LogP contribution in [0.25, 0.3) is 0 Å². The molecule has 0 saturated carbocycles. The van der Waals surface area contributed by atoms with E-state index in [0.29, 0.717) is 0 Å². The van der Waals surface area contributed by atoms with Gasteiger partial charge in [0.1, 0.15) is 0 Å². The van der Waals surface area contributed by atoms with Crippen molar-refractivity contribution in [2.75, 3.05) is 0 Å². The van der Waals surface area contributed by atoms with Gasteiger partial charge in [-0.25, -0.2) is 0 Å². The van der Waals surface area contributed by atoms with Crippen LogP contribution in [0.1, 0.15) is 19.8 Å². The zero-order valence-electron chi connectivity index (χ0n) is 4.03. The molecule has 0 nitrogen and oxygen atoms in total. The Morgan fingerprint density at radius 1 is 1.50 bits per heavy atom. The van der Waals surface area contributed by atoms with Crippen LogP contribution < -0.4 is 0 Å². The van der Waals surface area contributed by atoms with Crippen molar-refractivity contribution in [3.8, 4) is 0 Å². The van der Waals surface area contributed by atoms with E-state index in [4.69, 9.17) is 0 Å². The number of rotatable bonds is 2. The van der Waals surface area contributed by atoms with Crippen molar-refractivity contribution in [2.24, 2.45) is 0 Å². The van der Waals surface area contributed by atoms with Gasteiger partial charge in [-0.05, 0) is 0 Å². The monoisotopic (exact) mass is 197 g/mol. The van der Waals surface area contributed by atoms with E-state index >= 15 is 0 Å². The molecule has 0 N–H and O–H groups in total. The molecule has 6 heavy (non-hydrogen) atoms. The third-order valence-corrected chi connectivity index (χ3v) is 1.54. The summed E-state index contributed by atoms with van der Waals surface area (Å²) < 4.78 is 1.43. The van der Waals surface area contributed by atoms with E-state index in [1.54, 1.807) is 22.5 Å². The molecule has 0 heterocycles. The summed E-state index contributed by atoms with van der Waals surface area (Å²) in [6.45, 7) is 2.23. The maximum absolute atomic E-state index is 2.23. The molecule has 0 bridgehead atoms. The molecule has 0 spiro atoms. The summed E-state index contributed by atoms with van der Waals surface area (Å²) in [6, 6.07) is 0. The first-order valence-corrected chi connectivity index (χ1v) is 4.08. The molecule has 0 unspecified atom stereocenters. The summed E-state index contributed by atoms with van der Waals surface area (Å²) in [5.41, 5.74) is 0. The van der Waals surface area contributed by atoms with Gasteiger partial charge in [0.2, 0.25) is 0 Å². The van der Waals surface area contributed by atoms with Gasteiger partial charge < -0.3 is 0 Å². The van der Waals surface area contributed by atoms with Crippen molar-refractivity contribution in [3.63, 3.8) is 0 Å². The van der Waals surface area contributed by atoms with Crippen LogP contribution in [0.2, 0.25) is 4.44 Å². The van der Waals surface area contributed by atoms with E-state index in [2.05, 4.69) is 6.92 Å². The maximum Gasteiger partial charge on any atom is -0.269 e. The first kappa shape index (κ1) is 9.88. The zero-order chi connectivity index (χ0) is 4.12. The third-order valence-electron chi connectivity index (χ3n) is 0.530. The number of hydrogen-bond donors (Lipinski definition) is 0. The minimum atomic E-state index is 0. The second kappa shape index (κ2) is 9.21. The first-order valence-electron chi connectivity index (χ1n) is 2.06. The third kappa shape index (κ3) is 8.83. The van der Waals surface area contributed by atoms with Crippen LogP contribution in [0, 0.1) is 0 Å². The fourth-order valence-electron chi connectivity index (χ4n) is 0.177. The van der Waals surface area contributed by atoms with E-state index in [1.165, 1.54) is 17.3 Å². The Morgan fingerprint density at radius 2 is 2.00 bits per heavy atom. The molecule has 0 aromatic heterocycles. The van der Waals surface area contributed by atoms with E-state index in [1.807, 2.05) is 0 Å². The Bertz CT molecular complexity index is 15.0. The van der Waals surface area contributed by atoms with Crippen LogP contribution in [0.15, 0.2) is 0 Å². The molecular weight excluding hydrogens is 186 g/mol. The van der Waals surface area contributed by atoms with Crippen molar-refractivity contribution in [2.45, 2.75) is 24.2 Å². The van der Waals surface area contributed by atoms with Gasteiger partial charge in [-0.2, -0.15) is 0 Å². The second-order valence-corrected chi connectivity index (χ2v) is 2.53. The molecular formula is C4H10FSn. The smallest absolute Gasteiger partial charge is 0.269 e. The van der Waals surface area contributed by atoms with Gasteiger partial charge in [-0.15, -0.1) is 0 Å². The van der Waals surface area contributed by atoms with Crippen molar-refractivity contribution in [1.29, 1.82) is 0 Å². The fourth-order valence-corrected chi connectivity index (χ4v) is 1.19. The van der Waals surface area contributed by atoms with Gasteiger partial charge in [-0.3, -0.25) is 4.70 Å². The maximum atomic E-state index is 2.23. The van der Waals surface area contributed by atoms with Gasteiger partial charge >= 0.3 is 46.7 Å². The molecule has 37 valence electrons. The summed E-state index contributed by atoms with van der Waals surface area (Å²) in [5.74, 6) is 0. The fraction of sp³-hybridized carbons (Fsp3) is 1.00. The molecule has 0 aliphatic carbocycles. The molecule has 0 amide bonds. The minimum absolute atomic E-state index is 0. The summed E-state index contributed by atoms with van der Waals surface area (Å²) in [6.07, 6.45) is 2.80. The average Bonchev–Trinajstić information content (AvgIpc) is 1.41. The summed E-state index contributed by atoms with van der Waals surface area (Å²) in [4.78, 5) is 0. The Balaban J connectivity index is 0. The Kier molecular flexibility index (Phi) is 15.2. The molecule has 0 aliphatic heterocycles. The van der Waals surface area contributed by atoms with E-state index in [-0.39, 0.29) is 4.70 Å². The van der Waals surface area contributed by atoms with Crippen molar-refractivity contribution in [3.05, 3.63) is 0 Å². The van der Waals surface area contributed by atoms with E-state index in [9.17, 15) is 0 Å². The van der Waals surface area contributed by atoms with Gasteiger partial charge in [0.15, 0.2) is 0 Å². The Morgan fingerprint density at radius 3 is 2.00 bits per heavy atom. The van der Waals surface area contributed by atoms with Crippen molar-refractivity contribution in [1.82, 2.24) is 0 Å². The molecule has 0 aromatic rings. The summed E-state index contributed by atoms with van der Waals surface area (Å²) in [5, 5.41) is 0. The van der Waals surface area contributed by atoms with E-state index < -0.39 is 0 Å². The molecule has 0 fully saturated rings. The minimum Gasteiger partial charge on any atom is -0.269 e. The van der Waals surface area contributed by atoms with Crippen molar-refractivity contribution < 1.29 is 4.70 Å². The summed E-state index contributed by atoms with van der Waals surface area (Å²) >= 11 is 1.68. The van der Waals surface area contributed by atoms with E-state index in [0.717, 1.165) is 0 Å². The van der Waals surface area contributed by atoms with Gasteiger partial charge in [0, 0.05) is 0 Å². The first-order chi connectivity index (χ1) is 2.41. The molecule has 0 atom stereocenters. The Hall–Kier alpha value is 0.729. The van der Waals surface area contributed by atoms with Gasteiger partial charge in [0.25, 0.3) is 0 Å². The van der Waals surface area contributed by atoms with Crippen LogP contribution in [0.4, 0.5) is 4.70 Å². The topological polar surface area (TPSA) is 0 Å². The Labute approximate surface area is 51.8 Å². The average molecular weight is 196 g/mol. The normalized spacial score (nSPS) is 7.00. The number of hydrogen-bond acceptors (Lipinski definition) is 0. The standard InChI is InChI=1S/C4H9.FH.Sn/c1-3-4-2;;/h1,3-4H2,2H3;1H;. The SMILES string of the molecule is CCC[CH2][Sn].F. The predicted octanol–water partition coefficient (Wildman–Crippen LogP) is 1.53. The quantitative estimate of drug-likeness (QED) is 0.587. The van der Waals surface area contributed by atoms with Crippen LogP contribution in [0.3, 0.4) is 0 Å². The van der Waals surface area contributed by atoms with Crippen LogP contribution >= 0.6 is 0 Å². The largest absolute Gasteiger partial charge is 0.269 e. The number of halogens is 1. The van der Waals surface area contributed by atoms with Crippen LogP contribution in [0.5, 0.6) is 0 Å².